The summed E-state index contributed by atoms with van der Waals surface area (Å²) >= 11 is 5.10. The minimum absolute atomic E-state index is 0.278. The zero-order valence-corrected chi connectivity index (χ0v) is 28.6. The Labute approximate surface area is 279 Å². The van der Waals surface area contributed by atoms with Crippen LogP contribution < -0.4 is 4.74 Å². The molecule has 11 heteroatoms. The number of hydrogen-bond donors (Lipinski definition) is 0. The number of benzene rings is 2. The number of ether oxygens (including phenoxy) is 3. The molecule has 0 unspecified atom stereocenters. The lowest BCUT2D eigenvalue weighted by Crippen LogP contribution is -2.39. The van der Waals surface area contributed by atoms with Gasteiger partial charge in [-0.3, -0.25) is 0 Å². The summed E-state index contributed by atoms with van der Waals surface area (Å²) in [6.07, 6.45) is 0.298. The highest BCUT2D eigenvalue weighted by atomic mass is 32.2. The summed E-state index contributed by atoms with van der Waals surface area (Å²) in [4.78, 5) is 26.2. The van der Waals surface area contributed by atoms with Crippen LogP contribution >= 0.6 is 34.4 Å². The van der Waals surface area contributed by atoms with E-state index in [1.807, 2.05) is 32.5 Å². The van der Waals surface area contributed by atoms with Crippen molar-refractivity contribution in [3.63, 3.8) is 0 Å². The predicted molar refractivity (Wildman–Crippen MR) is 184 cm³/mol. The van der Waals surface area contributed by atoms with Crippen molar-refractivity contribution >= 4 is 50.6 Å². The quantitative estimate of drug-likeness (QED) is 0.160. The van der Waals surface area contributed by atoms with Gasteiger partial charge in [0.15, 0.2) is 0 Å². The molecule has 1 amide bonds. The van der Waals surface area contributed by atoms with Gasteiger partial charge in [-0.15, -0.1) is 22.7 Å². The number of thiophene rings is 1. The van der Waals surface area contributed by atoms with Gasteiger partial charge in [0.1, 0.15) is 34.5 Å². The summed E-state index contributed by atoms with van der Waals surface area (Å²) in [7, 11) is 1.61. The van der Waals surface area contributed by atoms with Crippen molar-refractivity contribution in [3.8, 4) is 38.8 Å². The van der Waals surface area contributed by atoms with E-state index in [4.69, 9.17) is 24.2 Å². The maximum atomic E-state index is 14.6. The van der Waals surface area contributed by atoms with Crippen molar-refractivity contribution in [2.75, 3.05) is 26.9 Å². The van der Waals surface area contributed by atoms with E-state index in [9.17, 15) is 9.18 Å². The number of nitrogens with zero attached hydrogens (tertiary/aromatic N) is 3. The smallest absolute Gasteiger partial charge is 0.410 e. The fourth-order valence-electron chi connectivity index (χ4n) is 5.80. The number of halogens is 1. The normalized spacial score (nSPS) is 14.4. The fraction of sp³-hybridized carbons (Fsp3) is 0.343. The molecule has 0 atom stereocenters. The van der Waals surface area contributed by atoms with E-state index in [0.717, 1.165) is 59.6 Å². The summed E-state index contributed by atoms with van der Waals surface area (Å²) < 4.78 is 32.6. The van der Waals surface area contributed by atoms with Gasteiger partial charge in [-0.1, -0.05) is 12.1 Å². The van der Waals surface area contributed by atoms with Crippen molar-refractivity contribution in [3.05, 3.63) is 75.4 Å². The van der Waals surface area contributed by atoms with Crippen LogP contribution in [0.5, 0.6) is 5.75 Å². The number of methoxy groups -OCH3 is 1. The number of rotatable bonds is 7. The first-order valence-electron chi connectivity index (χ1n) is 15.2. The molecule has 0 fully saturated rings. The number of aromatic nitrogens is 2. The van der Waals surface area contributed by atoms with Crippen LogP contribution in [0.1, 0.15) is 42.5 Å². The second kappa shape index (κ2) is 12.6. The van der Waals surface area contributed by atoms with Crippen LogP contribution in [0.25, 0.3) is 43.2 Å². The first kappa shape index (κ1) is 31.1. The predicted octanol–water partition coefficient (Wildman–Crippen LogP) is 8.96. The van der Waals surface area contributed by atoms with Crippen LogP contribution in [0.4, 0.5) is 9.18 Å². The molecule has 46 heavy (non-hydrogen) atoms. The fourth-order valence-corrected chi connectivity index (χ4v) is 8.97. The van der Waals surface area contributed by atoms with Gasteiger partial charge in [-0.25, -0.2) is 19.2 Å². The van der Waals surface area contributed by atoms with E-state index >= 15 is 0 Å². The van der Waals surface area contributed by atoms with E-state index in [2.05, 4.69) is 29.6 Å². The monoisotopic (exact) mass is 675 g/mol. The van der Waals surface area contributed by atoms with Gasteiger partial charge >= 0.3 is 6.09 Å². The third-order valence-electron chi connectivity index (χ3n) is 7.95. The third kappa shape index (κ3) is 6.13. The van der Waals surface area contributed by atoms with E-state index in [-0.39, 0.29) is 18.5 Å². The van der Waals surface area contributed by atoms with Gasteiger partial charge in [0.25, 0.3) is 0 Å². The minimum Gasteiger partial charge on any atom is -0.490 e. The zero-order valence-electron chi connectivity index (χ0n) is 26.1. The van der Waals surface area contributed by atoms with Crippen LogP contribution in [-0.2, 0) is 33.9 Å². The standard InChI is InChI=1S/C35H34FN3O4S3/c1-35(2,3)43-34(40)39-11-9-26-28(17-39)46-33(37-26)31-29(24-8-7-23(36)16-27(24)42-13-12-41-4)32-25(10-14-45-32)30(38-31)20-5-6-21-18-44-19-22(21)15-20/h5-8,10,14-16H,9,11-13,17-19H2,1-4H3. The second-order valence-electron chi connectivity index (χ2n) is 12.3. The number of pyridine rings is 1. The largest absolute Gasteiger partial charge is 0.490 e. The van der Waals surface area contributed by atoms with E-state index in [1.165, 1.54) is 23.3 Å². The molecule has 5 heterocycles. The van der Waals surface area contributed by atoms with E-state index in [1.54, 1.807) is 40.7 Å². The van der Waals surface area contributed by atoms with Gasteiger partial charge in [0.05, 0.1) is 24.5 Å². The molecule has 7 rings (SSSR count). The molecule has 238 valence electrons. The molecule has 3 aromatic heterocycles. The number of carbonyl (C=O) groups excluding carboxylic acids is 1. The maximum absolute atomic E-state index is 14.6. The Morgan fingerprint density at radius 1 is 1.02 bits per heavy atom. The van der Waals surface area contributed by atoms with Crippen LogP contribution in [0.15, 0.2) is 47.8 Å². The van der Waals surface area contributed by atoms with Crippen LogP contribution in [0, 0.1) is 5.82 Å². The number of carbonyl (C=O) groups is 1. The molecule has 0 saturated heterocycles. The van der Waals surface area contributed by atoms with Crippen molar-refractivity contribution in [2.24, 2.45) is 0 Å². The summed E-state index contributed by atoms with van der Waals surface area (Å²) in [5.74, 6) is 2.07. The van der Waals surface area contributed by atoms with Crippen molar-refractivity contribution in [1.82, 2.24) is 14.9 Å². The van der Waals surface area contributed by atoms with Crippen LogP contribution in [0.2, 0.25) is 0 Å². The SMILES string of the molecule is COCCOc1cc(F)ccc1-c1c(-c2nc3c(s2)CN(C(=O)OC(C)(C)C)CC3)nc(-c2ccc3c(c2)CSC3)c2ccsc12. The van der Waals surface area contributed by atoms with Crippen molar-refractivity contribution in [1.29, 1.82) is 0 Å². The molecular formula is C35H34FN3O4S3. The molecular weight excluding hydrogens is 642 g/mol. The first-order valence-corrected chi connectivity index (χ1v) is 18.0. The van der Waals surface area contributed by atoms with Crippen LogP contribution in [-0.4, -0.2) is 53.4 Å². The number of hydrogen-bond acceptors (Lipinski definition) is 9. The molecule has 0 N–H and O–H groups in total. The van der Waals surface area contributed by atoms with Crippen molar-refractivity contribution in [2.45, 2.75) is 50.8 Å². The molecule has 0 radical (unpaired) electrons. The molecule has 2 aromatic carbocycles. The number of thioether (sulfide) groups is 1. The Hall–Kier alpha value is -3.51. The van der Waals surface area contributed by atoms with Gasteiger partial charge < -0.3 is 19.1 Å². The van der Waals surface area contributed by atoms with Crippen LogP contribution in [0.3, 0.4) is 0 Å². The summed E-state index contributed by atoms with van der Waals surface area (Å²) in [6.45, 7) is 7.23. The third-order valence-corrected chi connectivity index (χ3v) is 11.0. The summed E-state index contributed by atoms with van der Waals surface area (Å²) in [5, 5.41) is 3.86. The highest BCUT2D eigenvalue weighted by Crippen LogP contribution is 2.48. The highest BCUT2D eigenvalue weighted by Gasteiger charge is 2.30. The minimum atomic E-state index is -0.573. The van der Waals surface area contributed by atoms with Gasteiger partial charge in [-0.2, -0.15) is 11.8 Å². The average molecular weight is 676 g/mol. The molecule has 0 aliphatic carbocycles. The number of amides is 1. The molecule has 2 aliphatic heterocycles. The highest BCUT2D eigenvalue weighted by molar-refractivity contribution is 7.98. The molecule has 5 aromatic rings. The first-order chi connectivity index (χ1) is 22.2. The Morgan fingerprint density at radius 2 is 1.87 bits per heavy atom. The zero-order chi connectivity index (χ0) is 32.0. The molecule has 7 nitrogen and oxygen atoms in total. The summed E-state index contributed by atoms with van der Waals surface area (Å²) in [5.41, 5.74) is 7.37. The lowest BCUT2D eigenvalue weighted by molar-refractivity contribution is 0.0225. The lowest BCUT2D eigenvalue weighted by atomic mass is 9.97. The molecule has 2 aliphatic rings. The van der Waals surface area contributed by atoms with Gasteiger partial charge in [0, 0.05) is 69.3 Å². The summed E-state index contributed by atoms with van der Waals surface area (Å²) in [6, 6.07) is 13.4. The van der Waals surface area contributed by atoms with E-state index in [0.29, 0.717) is 37.6 Å². The van der Waals surface area contributed by atoms with E-state index < -0.39 is 5.60 Å². The second-order valence-corrected chi connectivity index (χ2v) is 15.3. The molecule has 0 saturated carbocycles. The Morgan fingerprint density at radius 3 is 2.70 bits per heavy atom. The Bertz CT molecular complexity index is 1950. The van der Waals surface area contributed by atoms with Crippen molar-refractivity contribution < 1.29 is 23.4 Å². The lowest BCUT2D eigenvalue weighted by Gasteiger charge is -2.29. The molecule has 0 spiro atoms. The van der Waals surface area contributed by atoms with Gasteiger partial charge in [-0.05, 0) is 61.5 Å². The van der Waals surface area contributed by atoms with Gasteiger partial charge in [0.2, 0.25) is 0 Å². The maximum Gasteiger partial charge on any atom is 0.410 e. The number of thiazole rings is 1. The Balaban J connectivity index is 1.39. The Kier molecular flexibility index (Phi) is 8.52. The topological polar surface area (TPSA) is 73.8 Å². The average Bonchev–Trinajstić information content (AvgIpc) is 3.79. The molecule has 0 bridgehead atoms. The number of fused-ring (bicyclic) bond motifs is 3.